The summed E-state index contributed by atoms with van der Waals surface area (Å²) in [6.45, 7) is 3.88. The number of rotatable bonds is 6. The van der Waals surface area contributed by atoms with Crippen LogP contribution in [0, 0.1) is 0 Å². The van der Waals surface area contributed by atoms with E-state index in [-0.39, 0.29) is 12.3 Å². The Morgan fingerprint density at radius 2 is 2.24 bits per heavy atom. The van der Waals surface area contributed by atoms with Crippen LogP contribution in [-0.2, 0) is 20.7 Å². The SMILES string of the molecule is CCNC(=O)[C@@H](C)OC(=O)Cc1csc(-c2ccsc2)n1. The minimum Gasteiger partial charge on any atom is -0.452 e. The van der Waals surface area contributed by atoms with Gasteiger partial charge in [-0.25, -0.2) is 4.98 Å². The lowest BCUT2D eigenvalue weighted by Crippen LogP contribution is -2.35. The number of likely N-dealkylation sites (N-methyl/N-ethyl adjacent to an activating group) is 1. The summed E-state index contributed by atoms with van der Waals surface area (Å²) in [7, 11) is 0. The lowest BCUT2D eigenvalue weighted by Gasteiger charge is -2.11. The van der Waals surface area contributed by atoms with Gasteiger partial charge in [0, 0.05) is 22.9 Å². The molecule has 1 amide bonds. The minimum atomic E-state index is -0.785. The Morgan fingerprint density at radius 1 is 1.43 bits per heavy atom. The van der Waals surface area contributed by atoms with Gasteiger partial charge < -0.3 is 10.1 Å². The van der Waals surface area contributed by atoms with Gasteiger partial charge >= 0.3 is 5.97 Å². The predicted molar refractivity (Wildman–Crippen MR) is 83.4 cm³/mol. The van der Waals surface area contributed by atoms with Gasteiger partial charge in [0.15, 0.2) is 6.10 Å². The number of aromatic nitrogens is 1. The zero-order valence-electron chi connectivity index (χ0n) is 11.8. The van der Waals surface area contributed by atoms with Gasteiger partial charge in [0.1, 0.15) is 5.01 Å². The van der Waals surface area contributed by atoms with E-state index in [2.05, 4.69) is 10.3 Å². The maximum absolute atomic E-state index is 11.8. The molecule has 0 unspecified atom stereocenters. The van der Waals surface area contributed by atoms with Gasteiger partial charge in [-0.05, 0) is 25.3 Å². The highest BCUT2D eigenvalue weighted by atomic mass is 32.1. The fourth-order valence-electron chi connectivity index (χ4n) is 1.67. The molecule has 0 aliphatic rings. The first-order chi connectivity index (χ1) is 10.1. The van der Waals surface area contributed by atoms with Crippen LogP contribution in [0.2, 0.25) is 0 Å². The third kappa shape index (κ3) is 4.37. The number of carbonyl (C=O) groups is 2. The van der Waals surface area contributed by atoms with E-state index in [0.29, 0.717) is 12.2 Å². The summed E-state index contributed by atoms with van der Waals surface area (Å²) in [5.41, 5.74) is 1.72. The molecule has 1 atom stereocenters. The number of ether oxygens (including phenoxy) is 1. The van der Waals surface area contributed by atoms with Crippen LogP contribution in [-0.4, -0.2) is 29.5 Å². The van der Waals surface area contributed by atoms with Gasteiger partial charge in [0.25, 0.3) is 5.91 Å². The summed E-state index contributed by atoms with van der Waals surface area (Å²) >= 11 is 3.10. The standard InChI is InChI=1S/C14H16N2O3S2/c1-3-15-13(18)9(2)19-12(17)6-11-8-21-14(16-11)10-4-5-20-7-10/h4-5,7-9H,3,6H2,1-2H3,(H,15,18)/t9-/m1/s1. The van der Waals surface area contributed by atoms with Crippen molar-refractivity contribution in [1.29, 1.82) is 0 Å². The lowest BCUT2D eigenvalue weighted by atomic mass is 10.3. The van der Waals surface area contributed by atoms with Crippen LogP contribution < -0.4 is 5.32 Å². The van der Waals surface area contributed by atoms with Gasteiger partial charge in [-0.2, -0.15) is 11.3 Å². The first-order valence-corrected chi connectivity index (χ1v) is 8.36. The van der Waals surface area contributed by atoms with Gasteiger partial charge in [0.2, 0.25) is 0 Å². The normalized spacial score (nSPS) is 11.9. The van der Waals surface area contributed by atoms with E-state index < -0.39 is 12.1 Å². The van der Waals surface area contributed by atoms with Crippen molar-refractivity contribution in [3.63, 3.8) is 0 Å². The second kappa shape index (κ2) is 7.33. The molecule has 0 fully saturated rings. The summed E-state index contributed by atoms with van der Waals surface area (Å²) in [5.74, 6) is -0.737. The second-order valence-electron chi connectivity index (χ2n) is 4.36. The molecule has 0 spiro atoms. The van der Waals surface area contributed by atoms with Crippen LogP contribution in [0.15, 0.2) is 22.2 Å². The van der Waals surface area contributed by atoms with E-state index in [9.17, 15) is 9.59 Å². The maximum atomic E-state index is 11.8. The van der Waals surface area contributed by atoms with Gasteiger partial charge in [0.05, 0.1) is 12.1 Å². The molecule has 2 aromatic heterocycles. The molecule has 2 aromatic rings. The molecular weight excluding hydrogens is 308 g/mol. The van der Waals surface area contributed by atoms with Crippen molar-refractivity contribution < 1.29 is 14.3 Å². The summed E-state index contributed by atoms with van der Waals surface area (Å²) in [6, 6.07) is 1.99. The number of hydrogen-bond donors (Lipinski definition) is 1. The molecule has 0 aliphatic heterocycles. The van der Waals surface area contributed by atoms with Crippen molar-refractivity contribution in [2.24, 2.45) is 0 Å². The Morgan fingerprint density at radius 3 is 2.90 bits per heavy atom. The molecule has 5 nitrogen and oxygen atoms in total. The van der Waals surface area contributed by atoms with Crippen molar-refractivity contribution in [2.45, 2.75) is 26.4 Å². The van der Waals surface area contributed by atoms with E-state index in [1.807, 2.05) is 29.1 Å². The average molecular weight is 324 g/mol. The van der Waals surface area contributed by atoms with Crippen molar-refractivity contribution >= 4 is 34.6 Å². The fourth-order valence-corrected chi connectivity index (χ4v) is 3.20. The van der Waals surface area contributed by atoms with Crippen molar-refractivity contribution in [3.05, 3.63) is 27.9 Å². The van der Waals surface area contributed by atoms with Gasteiger partial charge in [-0.15, -0.1) is 11.3 Å². The van der Waals surface area contributed by atoms with Crippen LogP contribution in [0.1, 0.15) is 19.5 Å². The van der Waals surface area contributed by atoms with Crippen LogP contribution in [0.4, 0.5) is 0 Å². The van der Waals surface area contributed by atoms with Crippen molar-refractivity contribution in [1.82, 2.24) is 10.3 Å². The Bertz CT molecular complexity index is 608. The summed E-state index contributed by atoms with van der Waals surface area (Å²) in [6.07, 6.45) is -0.711. The van der Waals surface area contributed by atoms with E-state index in [0.717, 1.165) is 10.6 Å². The number of amides is 1. The third-order valence-corrected chi connectivity index (χ3v) is 4.30. The number of esters is 1. The van der Waals surface area contributed by atoms with Gasteiger partial charge in [-0.1, -0.05) is 0 Å². The lowest BCUT2D eigenvalue weighted by molar-refractivity contribution is -0.154. The minimum absolute atomic E-state index is 0.0738. The largest absolute Gasteiger partial charge is 0.452 e. The quantitative estimate of drug-likeness (QED) is 0.829. The van der Waals surface area contributed by atoms with Gasteiger partial charge in [-0.3, -0.25) is 9.59 Å². The summed E-state index contributed by atoms with van der Waals surface area (Å²) in [5, 5.41) is 9.33. The number of thiophene rings is 1. The highest BCUT2D eigenvalue weighted by Crippen LogP contribution is 2.25. The average Bonchev–Trinajstić information content (AvgIpc) is 3.08. The van der Waals surface area contributed by atoms with E-state index in [4.69, 9.17) is 4.74 Å². The highest BCUT2D eigenvalue weighted by molar-refractivity contribution is 7.14. The number of nitrogens with one attached hydrogen (secondary N) is 1. The zero-order valence-corrected chi connectivity index (χ0v) is 13.4. The fraction of sp³-hybridized carbons (Fsp3) is 0.357. The van der Waals surface area contributed by atoms with Crippen LogP contribution in [0.3, 0.4) is 0 Å². The first-order valence-electron chi connectivity index (χ1n) is 6.54. The number of hydrogen-bond acceptors (Lipinski definition) is 6. The molecule has 0 saturated carbocycles. The topological polar surface area (TPSA) is 68.3 Å². The number of nitrogens with zero attached hydrogens (tertiary/aromatic N) is 1. The predicted octanol–water partition coefficient (Wildman–Crippen LogP) is 2.48. The summed E-state index contributed by atoms with van der Waals surface area (Å²) in [4.78, 5) is 27.7. The molecule has 112 valence electrons. The Balaban J connectivity index is 1.90. The number of thiazole rings is 1. The molecule has 0 saturated heterocycles. The molecule has 1 N–H and O–H groups in total. The van der Waals surface area contributed by atoms with E-state index in [1.54, 1.807) is 18.3 Å². The van der Waals surface area contributed by atoms with E-state index in [1.165, 1.54) is 11.3 Å². The monoisotopic (exact) mass is 324 g/mol. The molecule has 2 rings (SSSR count). The van der Waals surface area contributed by atoms with Crippen LogP contribution in [0.5, 0.6) is 0 Å². The second-order valence-corrected chi connectivity index (χ2v) is 6.00. The molecule has 0 aromatic carbocycles. The zero-order chi connectivity index (χ0) is 15.2. The Labute approximate surface area is 131 Å². The Kier molecular flexibility index (Phi) is 5.46. The molecule has 2 heterocycles. The Hall–Kier alpha value is -1.73. The molecule has 0 radical (unpaired) electrons. The third-order valence-electron chi connectivity index (χ3n) is 2.67. The molecule has 0 bridgehead atoms. The van der Waals surface area contributed by atoms with Crippen molar-refractivity contribution in [2.75, 3.05) is 6.54 Å². The van der Waals surface area contributed by atoms with Crippen molar-refractivity contribution in [3.8, 4) is 10.6 Å². The molecular formula is C14H16N2O3S2. The summed E-state index contributed by atoms with van der Waals surface area (Å²) < 4.78 is 5.08. The smallest absolute Gasteiger partial charge is 0.312 e. The highest BCUT2D eigenvalue weighted by Gasteiger charge is 2.18. The van der Waals surface area contributed by atoms with E-state index >= 15 is 0 Å². The van der Waals surface area contributed by atoms with Crippen LogP contribution in [0.25, 0.3) is 10.6 Å². The number of carbonyl (C=O) groups excluding carboxylic acids is 2. The maximum Gasteiger partial charge on any atom is 0.312 e. The first kappa shape index (κ1) is 15.7. The molecule has 7 heteroatoms. The molecule has 21 heavy (non-hydrogen) atoms. The molecule has 0 aliphatic carbocycles. The van der Waals surface area contributed by atoms with Crippen LogP contribution >= 0.6 is 22.7 Å².